The molecule has 2 aliphatic rings. The fourth-order valence-electron chi connectivity index (χ4n) is 4.22. The number of carbonyl (C=O) groups is 1. The zero-order chi connectivity index (χ0) is 17.1. The van der Waals surface area contributed by atoms with Gasteiger partial charge in [0.05, 0.1) is 0 Å². The Morgan fingerprint density at radius 2 is 1.21 bits per heavy atom. The molecule has 0 radical (unpaired) electrons. The van der Waals surface area contributed by atoms with E-state index < -0.39 is 17.2 Å². The van der Waals surface area contributed by atoms with Crippen LogP contribution in [0.25, 0.3) is 0 Å². The molecule has 132 valence electrons. The maximum atomic E-state index is 13.2. The molecular formula is C19H27NO4. The van der Waals surface area contributed by atoms with Crippen LogP contribution in [0, 0.1) is 0 Å². The summed E-state index contributed by atoms with van der Waals surface area (Å²) in [5, 5.41) is 29.0. The fraction of sp³-hybridized carbons (Fsp3) is 0.632. The number of benzene rings is 1. The molecule has 1 amide bonds. The minimum absolute atomic E-state index is 0.139. The third-order valence-corrected chi connectivity index (χ3v) is 5.49. The number of aromatic hydroxyl groups is 3. The van der Waals surface area contributed by atoms with Crippen molar-refractivity contribution in [1.82, 2.24) is 4.90 Å². The molecule has 0 atom stereocenters. The van der Waals surface area contributed by atoms with Gasteiger partial charge in [-0.2, -0.15) is 0 Å². The van der Waals surface area contributed by atoms with Crippen molar-refractivity contribution in [3.05, 3.63) is 17.7 Å². The molecule has 0 bridgehead atoms. The van der Waals surface area contributed by atoms with E-state index in [1.165, 1.54) is 25.0 Å². The Hall–Kier alpha value is -1.91. The number of hydrogen-bond donors (Lipinski definition) is 3. The summed E-state index contributed by atoms with van der Waals surface area (Å²) in [5.74, 6) is -1.62. The predicted octanol–water partition coefficient (Wildman–Crippen LogP) is 3.91. The molecule has 24 heavy (non-hydrogen) atoms. The van der Waals surface area contributed by atoms with E-state index in [2.05, 4.69) is 0 Å². The monoisotopic (exact) mass is 333 g/mol. The SMILES string of the molecule is O=C(c1cc(O)c(O)c(O)c1)N(C1CCCCC1)C1CCCCC1. The molecule has 2 aliphatic carbocycles. The first-order valence-electron chi connectivity index (χ1n) is 9.15. The van der Waals surface area contributed by atoms with E-state index in [0.29, 0.717) is 0 Å². The van der Waals surface area contributed by atoms with Crippen LogP contribution in [0.4, 0.5) is 0 Å². The molecule has 0 aliphatic heterocycles. The van der Waals surface area contributed by atoms with Crippen LogP contribution in [-0.2, 0) is 0 Å². The first kappa shape index (κ1) is 16.9. The van der Waals surface area contributed by atoms with Gasteiger partial charge < -0.3 is 20.2 Å². The number of carbonyl (C=O) groups excluding carboxylic acids is 1. The van der Waals surface area contributed by atoms with Gasteiger partial charge in [0, 0.05) is 17.6 Å². The van der Waals surface area contributed by atoms with Gasteiger partial charge in [-0.05, 0) is 37.8 Å². The summed E-state index contributed by atoms with van der Waals surface area (Å²) in [6.45, 7) is 0. The minimum Gasteiger partial charge on any atom is -0.504 e. The Morgan fingerprint density at radius 1 is 0.792 bits per heavy atom. The van der Waals surface area contributed by atoms with Gasteiger partial charge in [0.1, 0.15) is 0 Å². The second-order valence-electron chi connectivity index (χ2n) is 7.16. The lowest BCUT2D eigenvalue weighted by Gasteiger charge is -2.42. The molecule has 3 N–H and O–H groups in total. The molecule has 2 saturated carbocycles. The van der Waals surface area contributed by atoms with Crippen LogP contribution in [0.5, 0.6) is 17.2 Å². The maximum Gasteiger partial charge on any atom is 0.254 e. The summed E-state index contributed by atoms with van der Waals surface area (Å²) in [6, 6.07) is 3.01. The summed E-state index contributed by atoms with van der Waals surface area (Å²) < 4.78 is 0. The van der Waals surface area contributed by atoms with Crippen LogP contribution in [0.2, 0.25) is 0 Å². The van der Waals surface area contributed by atoms with Gasteiger partial charge >= 0.3 is 0 Å². The Kier molecular flexibility index (Phi) is 5.17. The Labute approximate surface area is 142 Å². The highest BCUT2D eigenvalue weighted by atomic mass is 16.3. The van der Waals surface area contributed by atoms with Crippen molar-refractivity contribution in [2.24, 2.45) is 0 Å². The number of nitrogens with zero attached hydrogens (tertiary/aromatic N) is 1. The van der Waals surface area contributed by atoms with Crippen molar-refractivity contribution >= 4 is 5.91 Å². The molecule has 0 aromatic heterocycles. The molecule has 0 spiro atoms. The molecular weight excluding hydrogens is 306 g/mol. The highest BCUT2D eigenvalue weighted by Gasteiger charge is 2.33. The molecule has 0 heterocycles. The van der Waals surface area contributed by atoms with Crippen molar-refractivity contribution in [2.45, 2.75) is 76.3 Å². The van der Waals surface area contributed by atoms with Crippen LogP contribution in [-0.4, -0.2) is 38.2 Å². The van der Waals surface area contributed by atoms with Gasteiger partial charge in [-0.25, -0.2) is 0 Å². The van der Waals surface area contributed by atoms with E-state index in [0.717, 1.165) is 51.4 Å². The largest absolute Gasteiger partial charge is 0.504 e. The topological polar surface area (TPSA) is 81.0 Å². The third kappa shape index (κ3) is 3.45. The summed E-state index contributed by atoms with van der Waals surface area (Å²) in [5.41, 5.74) is 0.249. The minimum atomic E-state index is -0.576. The lowest BCUT2D eigenvalue weighted by molar-refractivity contribution is 0.0447. The van der Waals surface area contributed by atoms with Crippen molar-refractivity contribution < 1.29 is 20.1 Å². The van der Waals surface area contributed by atoms with E-state index in [4.69, 9.17) is 0 Å². The summed E-state index contributed by atoms with van der Waals surface area (Å²) in [6.07, 6.45) is 11.1. The number of phenolic OH excluding ortho intramolecular Hbond substituents is 3. The standard InChI is InChI=1S/C19H27NO4/c21-16-11-13(12-17(22)18(16)23)19(24)20(14-7-3-1-4-8-14)15-9-5-2-6-10-15/h11-12,14-15,21-23H,1-10H2. The van der Waals surface area contributed by atoms with Crippen LogP contribution in [0.15, 0.2) is 12.1 Å². The second kappa shape index (κ2) is 7.32. The zero-order valence-corrected chi connectivity index (χ0v) is 14.1. The van der Waals surface area contributed by atoms with Gasteiger partial charge in [0.15, 0.2) is 17.2 Å². The lowest BCUT2D eigenvalue weighted by Crippen LogP contribution is -2.48. The van der Waals surface area contributed by atoms with E-state index in [-0.39, 0.29) is 23.6 Å². The number of phenols is 3. The number of rotatable bonds is 3. The van der Waals surface area contributed by atoms with E-state index in [1.54, 1.807) is 0 Å². The number of amides is 1. The van der Waals surface area contributed by atoms with Gasteiger partial charge in [0.25, 0.3) is 5.91 Å². The van der Waals surface area contributed by atoms with Gasteiger partial charge in [-0.15, -0.1) is 0 Å². The molecule has 1 aromatic carbocycles. The van der Waals surface area contributed by atoms with Gasteiger partial charge in [0.2, 0.25) is 0 Å². The average molecular weight is 333 g/mol. The summed E-state index contributed by atoms with van der Waals surface area (Å²) in [7, 11) is 0. The highest BCUT2D eigenvalue weighted by Crippen LogP contribution is 2.37. The van der Waals surface area contributed by atoms with Gasteiger partial charge in [-0.1, -0.05) is 38.5 Å². The Morgan fingerprint density at radius 3 is 1.62 bits per heavy atom. The van der Waals surface area contributed by atoms with Crippen LogP contribution >= 0.6 is 0 Å². The molecule has 0 unspecified atom stereocenters. The first-order chi connectivity index (χ1) is 11.6. The van der Waals surface area contributed by atoms with E-state index >= 15 is 0 Å². The summed E-state index contributed by atoms with van der Waals surface area (Å²) >= 11 is 0. The molecule has 2 fully saturated rings. The van der Waals surface area contributed by atoms with Gasteiger partial charge in [-0.3, -0.25) is 4.79 Å². The Bertz CT molecular complexity index is 548. The third-order valence-electron chi connectivity index (χ3n) is 5.49. The van der Waals surface area contributed by atoms with E-state index in [1.807, 2.05) is 4.90 Å². The quantitative estimate of drug-likeness (QED) is 0.733. The molecule has 1 aromatic rings. The average Bonchev–Trinajstić information content (AvgIpc) is 2.61. The normalized spacial score (nSPS) is 20.0. The number of hydrogen-bond acceptors (Lipinski definition) is 4. The highest BCUT2D eigenvalue weighted by molar-refractivity contribution is 5.96. The maximum absolute atomic E-state index is 13.2. The smallest absolute Gasteiger partial charge is 0.254 e. The predicted molar refractivity (Wildman–Crippen MR) is 91.4 cm³/mol. The molecule has 3 rings (SSSR count). The first-order valence-corrected chi connectivity index (χ1v) is 9.15. The Balaban J connectivity index is 1.90. The van der Waals surface area contributed by atoms with Crippen molar-refractivity contribution in [2.75, 3.05) is 0 Å². The lowest BCUT2D eigenvalue weighted by atomic mass is 9.88. The van der Waals surface area contributed by atoms with E-state index in [9.17, 15) is 20.1 Å². The van der Waals surface area contributed by atoms with Crippen LogP contribution < -0.4 is 0 Å². The van der Waals surface area contributed by atoms with Crippen molar-refractivity contribution in [3.8, 4) is 17.2 Å². The fourth-order valence-corrected chi connectivity index (χ4v) is 4.22. The molecule has 5 heteroatoms. The molecule has 5 nitrogen and oxygen atoms in total. The summed E-state index contributed by atoms with van der Waals surface area (Å²) in [4.78, 5) is 15.2. The second-order valence-corrected chi connectivity index (χ2v) is 7.16. The van der Waals surface area contributed by atoms with Crippen molar-refractivity contribution in [3.63, 3.8) is 0 Å². The zero-order valence-electron chi connectivity index (χ0n) is 14.1. The van der Waals surface area contributed by atoms with Crippen molar-refractivity contribution in [1.29, 1.82) is 0 Å². The van der Waals surface area contributed by atoms with Crippen LogP contribution in [0.3, 0.4) is 0 Å². The van der Waals surface area contributed by atoms with Crippen LogP contribution in [0.1, 0.15) is 74.6 Å². The molecule has 0 saturated heterocycles.